The summed E-state index contributed by atoms with van der Waals surface area (Å²) in [6, 6.07) is 21.5. The monoisotopic (exact) mass is 386 g/mol. The quantitative estimate of drug-likeness (QED) is 0.776. The number of carbonyl (C=O) groups is 1. The maximum atomic E-state index is 12.9. The first kappa shape index (κ1) is 21.5. The molecule has 1 unspecified atom stereocenters. The standard InChI is InChI=1S/C23H30N2O.ClH/c1-24-22-13-8-14-25(18-22)23(26)17-21(15-19-9-4-2-5-10-19)16-20-11-6-3-7-12-20;/h2-7,9-12,21-22,24H,8,13-18H2,1H3;1H. The molecule has 3 nitrogen and oxygen atoms in total. The summed E-state index contributed by atoms with van der Waals surface area (Å²) in [5, 5.41) is 3.33. The van der Waals surface area contributed by atoms with Gasteiger partial charge in [0.1, 0.15) is 0 Å². The minimum Gasteiger partial charge on any atom is -0.341 e. The number of nitrogens with one attached hydrogen (secondary N) is 1. The Morgan fingerprint density at radius 3 is 2.11 bits per heavy atom. The maximum absolute atomic E-state index is 12.9. The van der Waals surface area contributed by atoms with Crippen molar-refractivity contribution in [3.05, 3.63) is 71.8 Å². The van der Waals surface area contributed by atoms with Crippen LogP contribution in [0.1, 0.15) is 30.4 Å². The number of hydrogen-bond donors (Lipinski definition) is 1. The first-order chi connectivity index (χ1) is 12.7. The molecule has 2 aromatic rings. The van der Waals surface area contributed by atoms with Crippen LogP contribution in [0.25, 0.3) is 0 Å². The highest BCUT2D eigenvalue weighted by molar-refractivity contribution is 5.85. The zero-order valence-corrected chi connectivity index (χ0v) is 17.0. The molecule has 1 saturated heterocycles. The number of nitrogens with zero attached hydrogens (tertiary/aromatic N) is 1. The number of benzene rings is 2. The van der Waals surface area contributed by atoms with Crippen LogP contribution in [0.2, 0.25) is 0 Å². The predicted molar refractivity (Wildman–Crippen MR) is 114 cm³/mol. The Morgan fingerprint density at radius 1 is 1.04 bits per heavy atom. The second-order valence-corrected chi connectivity index (χ2v) is 7.42. The Balaban J connectivity index is 0.00000261. The molecule has 146 valence electrons. The van der Waals surface area contributed by atoms with Gasteiger partial charge in [-0.3, -0.25) is 4.79 Å². The Labute approximate surface area is 169 Å². The summed E-state index contributed by atoms with van der Waals surface area (Å²) < 4.78 is 0. The highest BCUT2D eigenvalue weighted by atomic mass is 35.5. The molecule has 0 aromatic heterocycles. The highest BCUT2D eigenvalue weighted by Gasteiger charge is 2.25. The Hall–Kier alpha value is -1.84. The number of likely N-dealkylation sites (tertiary alicyclic amines) is 1. The maximum Gasteiger partial charge on any atom is 0.222 e. The van der Waals surface area contributed by atoms with Gasteiger partial charge in [-0.2, -0.15) is 0 Å². The second kappa shape index (κ2) is 11.1. The number of rotatable bonds is 7. The van der Waals surface area contributed by atoms with Gasteiger partial charge in [-0.15, -0.1) is 12.4 Å². The van der Waals surface area contributed by atoms with Gasteiger partial charge < -0.3 is 10.2 Å². The van der Waals surface area contributed by atoms with E-state index < -0.39 is 0 Å². The van der Waals surface area contributed by atoms with Gasteiger partial charge in [-0.25, -0.2) is 0 Å². The fraction of sp³-hybridized carbons (Fsp3) is 0.435. The summed E-state index contributed by atoms with van der Waals surface area (Å²) in [7, 11) is 1.99. The van der Waals surface area contributed by atoms with Crippen LogP contribution < -0.4 is 5.32 Å². The van der Waals surface area contributed by atoms with Crippen LogP contribution in [0.15, 0.2) is 60.7 Å². The van der Waals surface area contributed by atoms with E-state index in [2.05, 4.69) is 58.7 Å². The molecule has 1 fully saturated rings. The first-order valence-corrected chi connectivity index (χ1v) is 9.77. The van der Waals surface area contributed by atoms with Gasteiger partial charge in [0.05, 0.1) is 0 Å². The van der Waals surface area contributed by atoms with E-state index in [4.69, 9.17) is 0 Å². The molecule has 4 heteroatoms. The van der Waals surface area contributed by atoms with Crippen molar-refractivity contribution in [2.75, 3.05) is 20.1 Å². The Kier molecular flexibility index (Phi) is 8.83. The van der Waals surface area contributed by atoms with E-state index >= 15 is 0 Å². The van der Waals surface area contributed by atoms with Crippen molar-refractivity contribution in [2.45, 2.75) is 38.1 Å². The topological polar surface area (TPSA) is 32.3 Å². The molecule has 3 rings (SSSR count). The zero-order valence-electron chi connectivity index (χ0n) is 16.1. The van der Waals surface area contributed by atoms with E-state index in [1.54, 1.807) is 0 Å². The number of carbonyl (C=O) groups excluding carboxylic acids is 1. The third kappa shape index (κ3) is 6.67. The van der Waals surface area contributed by atoms with Crippen LogP contribution in [-0.4, -0.2) is 37.0 Å². The highest BCUT2D eigenvalue weighted by Crippen LogP contribution is 2.21. The summed E-state index contributed by atoms with van der Waals surface area (Å²) in [5.41, 5.74) is 2.63. The van der Waals surface area contributed by atoms with Gasteiger partial charge >= 0.3 is 0 Å². The molecule has 1 heterocycles. The van der Waals surface area contributed by atoms with Crippen LogP contribution in [0.4, 0.5) is 0 Å². The van der Waals surface area contributed by atoms with E-state index in [0.717, 1.165) is 38.8 Å². The average molecular weight is 387 g/mol. The third-order valence-corrected chi connectivity index (χ3v) is 5.38. The van der Waals surface area contributed by atoms with Gasteiger partial charge in [0, 0.05) is 25.6 Å². The Morgan fingerprint density at radius 2 is 1.59 bits per heavy atom. The molecular formula is C23H31ClN2O. The molecule has 0 aliphatic carbocycles. The van der Waals surface area contributed by atoms with Crippen molar-refractivity contribution in [3.63, 3.8) is 0 Å². The van der Waals surface area contributed by atoms with Crippen molar-refractivity contribution in [3.8, 4) is 0 Å². The van der Waals surface area contributed by atoms with E-state index in [1.807, 2.05) is 19.2 Å². The van der Waals surface area contributed by atoms with Gasteiger partial charge in [-0.1, -0.05) is 60.7 Å². The number of likely N-dealkylation sites (N-methyl/N-ethyl adjacent to an activating group) is 1. The lowest BCUT2D eigenvalue weighted by Gasteiger charge is -2.33. The lowest BCUT2D eigenvalue weighted by molar-refractivity contribution is -0.133. The van der Waals surface area contributed by atoms with Crippen LogP contribution in [-0.2, 0) is 17.6 Å². The molecule has 0 radical (unpaired) electrons. The van der Waals surface area contributed by atoms with Crippen LogP contribution >= 0.6 is 12.4 Å². The van der Waals surface area contributed by atoms with Crippen molar-refractivity contribution in [1.29, 1.82) is 0 Å². The van der Waals surface area contributed by atoms with E-state index in [9.17, 15) is 4.79 Å². The summed E-state index contributed by atoms with van der Waals surface area (Å²) >= 11 is 0. The van der Waals surface area contributed by atoms with Gasteiger partial charge in [0.25, 0.3) is 0 Å². The summed E-state index contributed by atoms with van der Waals surface area (Å²) in [4.78, 5) is 15.0. The number of amides is 1. The first-order valence-electron chi connectivity index (χ1n) is 9.77. The Bertz CT molecular complexity index is 636. The summed E-state index contributed by atoms with van der Waals surface area (Å²) in [6.45, 7) is 1.75. The van der Waals surface area contributed by atoms with Crippen molar-refractivity contribution in [1.82, 2.24) is 10.2 Å². The minimum atomic E-state index is 0. The van der Waals surface area contributed by atoms with Crippen LogP contribution in [0, 0.1) is 5.92 Å². The van der Waals surface area contributed by atoms with Gasteiger partial charge in [-0.05, 0) is 49.8 Å². The molecule has 1 amide bonds. The van der Waals surface area contributed by atoms with Crippen molar-refractivity contribution in [2.24, 2.45) is 5.92 Å². The number of piperidine rings is 1. The fourth-order valence-corrected chi connectivity index (χ4v) is 3.93. The number of hydrogen-bond acceptors (Lipinski definition) is 2. The molecule has 2 aromatic carbocycles. The van der Waals surface area contributed by atoms with Gasteiger partial charge in [0.2, 0.25) is 5.91 Å². The predicted octanol–water partition coefficient (Wildman–Crippen LogP) is 4.11. The van der Waals surface area contributed by atoms with Gasteiger partial charge in [0.15, 0.2) is 0 Å². The van der Waals surface area contributed by atoms with Crippen molar-refractivity contribution < 1.29 is 4.79 Å². The molecule has 0 spiro atoms. The lowest BCUT2D eigenvalue weighted by Crippen LogP contribution is -2.47. The molecule has 1 aliphatic heterocycles. The SMILES string of the molecule is CNC1CCCN(C(=O)CC(Cc2ccccc2)Cc2ccccc2)C1.Cl. The molecule has 1 atom stereocenters. The molecule has 27 heavy (non-hydrogen) atoms. The average Bonchev–Trinajstić information content (AvgIpc) is 2.69. The van der Waals surface area contributed by atoms with Crippen molar-refractivity contribution >= 4 is 18.3 Å². The van der Waals surface area contributed by atoms with E-state index in [-0.39, 0.29) is 12.4 Å². The summed E-state index contributed by atoms with van der Waals surface area (Å²) in [5.74, 6) is 0.643. The molecule has 1 aliphatic rings. The minimum absolute atomic E-state index is 0. The molecule has 0 saturated carbocycles. The molecule has 0 bridgehead atoms. The van der Waals surface area contributed by atoms with E-state index in [0.29, 0.717) is 24.3 Å². The smallest absolute Gasteiger partial charge is 0.222 e. The zero-order chi connectivity index (χ0) is 18.2. The van der Waals surface area contributed by atoms with Crippen LogP contribution in [0.3, 0.4) is 0 Å². The second-order valence-electron chi connectivity index (χ2n) is 7.42. The normalized spacial score (nSPS) is 16.8. The van der Waals surface area contributed by atoms with Crippen LogP contribution in [0.5, 0.6) is 0 Å². The largest absolute Gasteiger partial charge is 0.341 e. The lowest BCUT2D eigenvalue weighted by atomic mass is 9.89. The fourth-order valence-electron chi connectivity index (χ4n) is 3.93. The third-order valence-electron chi connectivity index (χ3n) is 5.38. The molecule has 1 N–H and O–H groups in total. The van der Waals surface area contributed by atoms with E-state index in [1.165, 1.54) is 11.1 Å². The molecular weight excluding hydrogens is 356 g/mol. The summed E-state index contributed by atoms with van der Waals surface area (Å²) in [6.07, 6.45) is 4.78. The number of halogens is 1.